The molecular formula is C17H18N6O2. The van der Waals surface area contributed by atoms with Crippen molar-refractivity contribution in [2.75, 3.05) is 31.1 Å². The molecule has 1 aliphatic rings. The van der Waals surface area contributed by atoms with E-state index in [1.54, 1.807) is 24.6 Å². The molecule has 128 valence electrons. The van der Waals surface area contributed by atoms with Gasteiger partial charge in [0.05, 0.1) is 6.26 Å². The number of carbonyl (C=O) groups excluding carboxylic acids is 1. The summed E-state index contributed by atoms with van der Waals surface area (Å²) in [6, 6.07) is 9.16. The van der Waals surface area contributed by atoms with Crippen LogP contribution in [0.5, 0.6) is 0 Å². The first-order chi connectivity index (χ1) is 12.3. The van der Waals surface area contributed by atoms with Crippen molar-refractivity contribution < 1.29 is 9.21 Å². The summed E-state index contributed by atoms with van der Waals surface area (Å²) >= 11 is 0. The van der Waals surface area contributed by atoms with Gasteiger partial charge in [0, 0.05) is 38.4 Å². The lowest BCUT2D eigenvalue weighted by Gasteiger charge is -2.21. The quantitative estimate of drug-likeness (QED) is 0.783. The number of amides is 1. The maximum absolute atomic E-state index is 12.7. The van der Waals surface area contributed by atoms with Gasteiger partial charge in [-0.2, -0.15) is 10.2 Å². The molecule has 4 rings (SSSR count). The van der Waals surface area contributed by atoms with Crippen LogP contribution in [0.15, 0.2) is 47.2 Å². The van der Waals surface area contributed by atoms with Crippen LogP contribution in [0.4, 0.5) is 5.82 Å². The third-order valence-corrected chi connectivity index (χ3v) is 4.25. The molecule has 0 bridgehead atoms. The maximum atomic E-state index is 12.7. The van der Waals surface area contributed by atoms with E-state index in [1.165, 1.54) is 0 Å². The van der Waals surface area contributed by atoms with E-state index >= 15 is 0 Å². The van der Waals surface area contributed by atoms with Gasteiger partial charge < -0.3 is 14.2 Å². The standard InChI is InChI=1S/C17H18N6O2/c24-17(14-12-13(19-20-14)15-4-2-11-25-15)23-8-3-7-22(9-10-23)16-5-1-6-18-21-16/h1-2,4-6,11-12H,3,7-10H2,(H,19,20). The summed E-state index contributed by atoms with van der Waals surface area (Å²) in [5.41, 5.74) is 1.10. The highest BCUT2D eigenvalue weighted by atomic mass is 16.3. The lowest BCUT2D eigenvalue weighted by molar-refractivity contribution is 0.0761. The highest BCUT2D eigenvalue weighted by molar-refractivity contribution is 5.93. The highest BCUT2D eigenvalue weighted by Crippen LogP contribution is 2.19. The topological polar surface area (TPSA) is 91.2 Å². The highest BCUT2D eigenvalue weighted by Gasteiger charge is 2.23. The zero-order chi connectivity index (χ0) is 17.1. The fourth-order valence-electron chi connectivity index (χ4n) is 2.96. The molecule has 0 aliphatic carbocycles. The average molecular weight is 338 g/mol. The first kappa shape index (κ1) is 15.4. The lowest BCUT2D eigenvalue weighted by atomic mass is 10.2. The number of hydrogen-bond acceptors (Lipinski definition) is 6. The third-order valence-electron chi connectivity index (χ3n) is 4.25. The molecule has 8 heteroatoms. The van der Waals surface area contributed by atoms with Gasteiger partial charge in [0.2, 0.25) is 0 Å². The van der Waals surface area contributed by atoms with E-state index in [9.17, 15) is 4.79 Å². The minimum Gasteiger partial charge on any atom is -0.463 e. The van der Waals surface area contributed by atoms with E-state index in [-0.39, 0.29) is 5.91 Å². The molecule has 1 fully saturated rings. The van der Waals surface area contributed by atoms with Gasteiger partial charge in [-0.3, -0.25) is 9.89 Å². The molecule has 0 unspecified atom stereocenters. The number of aromatic amines is 1. The minimum absolute atomic E-state index is 0.0740. The van der Waals surface area contributed by atoms with Crippen molar-refractivity contribution >= 4 is 11.7 Å². The van der Waals surface area contributed by atoms with Crippen molar-refractivity contribution in [3.63, 3.8) is 0 Å². The van der Waals surface area contributed by atoms with Crippen LogP contribution in [0.25, 0.3) is 11.5 Å². The van der Waals surface area contributed by atoms with Gasteiger partial charge in [-0.05, 0) is 30.7 Å². The minimum atomic E-state index is -0.0740. The van der Waals surface area contributed by atoms with Crippen LogP contribution in [-0.4, -0.2) is 57.4 Å². The van der Waals surface area contributed by atoms with E-state index in [1.807, 2.05) is 23.1 Å². The molecule has 0 radical (unpaired) electrons. The fourth-order valence-corrected chi connectivity index (χ4v) is 2.96. The van der Waals surface area contributed by atoms with Crippen molar-refractivity contribution in [2.45, 2.75) is 6.42 Å². The summed E-state index contributed by atoms with van der Waals surface area (Å²) in [5, 5.41) is 15.1. The van der Waals surface area contributed by atoms with Gasteiger partial charge in [-0.1, -0.05) is 0 Å². The van der Waals surface area contributed by atoms with Crippen LogP contribution in [-0.2, 0) is 0 Å². The molecule has 1 aliphatic heterocycles. The Morgan fingerprint density at radius 1 is 1.16 bits per heavy atom. The van der Waals surface area contributed by atoms with Crippen molar-refractivity contribution in [2.24, 2.45) is 0 Å². The Kier molecular flexibility index (Phi) is 4.16. The van der Waals surface area contributed by atoms with Crippen LogP contribution >= 0.6 is 0 Å². The first-order valence-corrected chi connectivity index (χ1v) is 8.22. The number of H-pyrrole nitrogens is 1. The van der Waals surface area contributed by atoms with E-state index in [2.05, 4.69) is 25.3 Å². The summed E-state index contributed by atoms with van der Waals surface area (Å²) in [6.45, 7) is 2.89. The summed E-state index contributed by atoms with van der Waals surface area (Å²) in [4.78, 5) is 16.7. The first-order valence-electron chi connectivity index (χ1n) is 8.22. The Balaban J connectivity index is 1.44. The van der Waals surface area contributed by atoms with E-state index in [0.29, 0.717) is 30.2 Å². The fraction of sp³-hybridized carbons (Fsp3) is 0.294. The van der Waals surface area contributed by atoms with E-state index in [0.717, 1.165) is 25.3 Å². The number of furan rings is 1. The van der Waals surface area contributed by atoms with Crippen molar-refractivity contribution in [1.82, 2.24) is 25.3 Å². The number of nitrogens with zero attached hydrogens (tertiary/aromatic N) is 5. The Hall–Kier alpha value is -3.16. The molecule has 0 atom stereocenters. The molecule has 3 aromatic heterocycles. The molecule has 8 nitrogen and oxygen atoms in total. The Morgan fingerprint density at radius 3 is 2.92 bits per heavy atom. The Morgan fingerprint density at radius 2 is 2.12 bits per heavy atom. The summed E-state index contributed by atoms with van der Waals surface area (Å²) in [7, 11) is 0. The second-order valence-electron chi connectivity index (χ2n) is 5.86. The Labute approximate surface area is 144 Å². The molecule has 1 N–H and O–H groups in total. The van der Waals surface area contributed by atoms with Crippen LogP contribution in [0.3, 0.4) is 0 Å². The van der Waals surface area contributed by atoms with E-state index in [4.69, 9.17) is 4.42 Å². The number of hydrogen-bond donors (Lipinski definition) is 1. The normalized spacial score (nSPS) is 15.2. The predicted octanol–water partition coefficient (Wildman–Crippen LogP) is 1.81. The molecule has 3 aromatic rings. The third kappa shape index (κ3) is 3.23. The van der Waals surface area contributed by atoms with Crippen LogP contribution in [0, 0.1) is 0 Å². The van der Waals surface area contributed by atoms with Crippen molar-refractivity contribution in [1.29, 1.82) is 0 Å². The van der Waals surface area contributed by atoms with Gasteiger partial charge in [0.1, 0.15) is 5.69 Å². The molecule has 0 saturated carbocycles. The summed E-state index contributed by atoms with van der Waals surface area (Å²) < 4.78 is 5.33. The molecule has 0 spiro atoms. The van der Waals surface area contributed by atoms with Crippen LogP contribution in [0.1, 0.15) is 16.9 Å². The summed E-state index contributed by atoms with van der Waals surface area (Å²) in [6.07, 6.45) is 4.12. The second-order valence-corrected chi connectivity index (χ2v) is 5.86. The van der Waals surface area contributed by atoms with Gasteiger partial charge in [-0.25, -0.2) is 0 Å². The zero-order valence-electron chi connectivity index (χ0n) is 13.6. The Bertz CT molecular complexity index is 830. The van der Waals surface area contributed by atoms with Gasteiger partial charge in [-0.15, -0.1) is 5.10 Å². The number of nitrogens with one attached hydrogen (secondary N) is 1. The lowest BCUT2D eigenvalue weighted by Crippen LogP contribution is -2.35. The molecule has 1 amide bonds. The second kappa shape index (κ2) is 6.76. The molecule has 25 heavy (non-hydrogen) atoms. The van der Waals surface area contributed by atoms with Gasteiger partial charge in [0.25, 0.3) is 5.91 Å². The largest absolute Gasteiger partial charge is 0.463 e. The zero-order valence-corrected chi connectivity index (χ0v) is 13.6. The smallest absolute Gasteiger partial charge is 0.274 e. The monoisotopic (exact) mass is 338 g/mol. The van der Waals surface area contributed by atoms with Crippen molar-refractivity contribution in [3.05, 3.63) is 48.5 Å². The number of rotatable bonds is 3. The summed E-state index contributed by atoms with van der Waals surface area (Å²) in [5.74, 6) is 1.43. The molecular weight excluding hydrogens is 320 g/mol. The van der Waals surface area contributed by atoms with E-state index < -0.39 is 0 Å². The average Bonchev–Trinajstić information content (AvgIpc) is 3.29. The van der Waals surface area contributed by atoms with Gasteiger partial charge in [0.15, 0.2) is 17.3 Å². The number of carbonyl (C=O) groups is 1. The van der Waals surface area contributed by atoms with Crippen LogP contribution in [0.2, 0.25) is 0 Å². The molecule has 0 aromatic carbocycles. The van der Waals surface area contributed by atoms with Crippen LogP contribution < -0.4 is 4.90 Å². The number of anilines is 1. The van der Waals surface area contributed by atoms with Gasteiger partial charge >= 0.3 is 0 Å². The predicted molar refractivity (Wildman–Crippen MR) is 91.1 cm³/mol. The maximum Gasteiger partial charge on any atom is 0.274 e. The number of aromatic nitrogens is 4. The molecule has 4 heterocycles. The molecule has 1 saturated heterocycles. The van der Waals surface area contributed by atoms with Crippen molar-refractivity contribution in [3.8, 4) is 11.5 Å². The SMILES string of the molecule is O=C(c1cc(-c2ccco2)[nH]n1)N1CCCN(c2cccnn2)CC1.